The minimum atomic E-state index is -0.714. The first kappa shape index (κ1) is 16.6. The first-order valence-electron chi connectivity index (χ1n) is 7.78. The van der Waals surface area contributed by atoms with E-state index in [1.54, 1.807) is 0 Å². The maximum Gasteiger partial charge on any atom is 0.198 e. The molecule has 0 atom stereocenters. The van der Waals surface area contributed by atoms with Crippen molar-refractivity contribution >= 4 is 11.6 Å². The highest BCUT2D eigenvalue weighted by Gasteiger charge is 2.41. The fraction of sp³-hybridized carbons (Fsp3) is 0.647. The number of halogens is 1. The van der Waals surface area contributed by atoms with Gasteiger partial charge in [0.15, 0.2) is 5.79 Å². The van der Waals surface area contributed by atoms with Gasteiger partial charge in [-0.05, 0) is 30.5 Å². The molecule has 0 amide bonds. The molecule has 1 aliphatic heterocycles. The average molecular weight is 313 g/mol. The zero-order chi connectivity index (χ0) is 15.5. The summed E-state index contributed by atoms with van der Waals surface area (Å²) in [6.45, 7) is 10.2. The normalized spacial score (nSPS) is 17.4. The van der Waals surface area contributed by atoms with Crippen LogP contribution in [-0.2, 0) is 15.3 Å². The van der Waals surface area contributed by atoms with Crippen molar-refractivity contribution in [3.63, 3.8) is 0 Å². The number of ether oxygens (including phenoxy) is 3. The lowest BCUT2D eigenvalue weighted by Crippen LogP contribution is -2.28. The van der Waals surface area contributed by atoms with Crippen molar-refractivity contribution in [2.75, 3.05) is 19.8 Å². The van der Waals surface area contributed by atoms with Gasteiger partial charge in [-0.2, -0.15) is 0 Å². The van der Waals surface area contributed by atoms with E-state index in [-0.39, 0.29) is 0 Å². The quantitative estimate of drug-likeness (QED) is 0.750. The molecule has 4 heteroatoms. The van der Waals surface area contributed by atoms with Crippen LogP contribution in [0.2, 0.25) is 5.02 Å². The van der Waals surface area contributed by atoms with E-state index in [0.717, 1.165) is 29.7 Å². The highest BCUT2D eigenvalue weighted by atomic mass is 35.5. The molecule has 0 radical (unpaired) electrons. The second-order valence-corrected chi connectivity index (χ2v) is 6.10. The molecule has 0 spiro atoms. The van der Waals surface area contributed by atoms with Crippen LogP contribution in [0.15, 0.2) is 12.1 Å². The van der Waals surface area contributed by atoms with Gasteiger partial charge in [0.1, 0.15) is 5.75 Å². The zero-order valence-electron chi connectivity index (χ0n) is 13.4. The Hall–Kier alpha value is -0.770. The second-order valence-electron chi connectivity index (χ2n) is 5.66. The number of rotatable bonds is 6. The molecular weight excluding hydrogens is 288 g/mol. The van der Waals surface area contributed by atoms with E-state index in [1.165, 1.54) is 0 Å². The van der Waals surface area contributed by atoms with Gasteiger partial charge in [-0.15, -0.1) is 0 Å². The Labute approximate surface area is 132 Å². The number of hydrogen-bond acceptors (Lipinski definition) is 3. The van der Waals surface area contributed by atoms with E-state index in [9.17, 15) is 0 Å². The van der Waals surface area contributed by atoms with Crippen LogP contribution in [0, 0.1) is 0 Å². The van der Waals surface area contributed by atoms with Crippen LogP contribution >= 0.6 is 11.6 Å². The lowest BCUT2D eigenvalue weighted by atomic mass is 9.93. The van der Waals surface area contributed by atoms with Gasteiger partial charge in [0.2, 0.25) is 0 Å². The van der Waals surface area contributed by atoms with Gasteiger partial charge in [-0.1, -0.05) is 38.8 Å². The molecule has 3 nitrogen and oxygen atoms in total. The third-order valence-electron chi connectivity index (χ3n) is 3.74. The van der Waals surface area contributed by atoms with E-state index in [4.69, 9.17) is 25.8 Å². The van der Waals surface area contributed by atoms with E-state index >= 15 is 0 Å². The van der Waals surface area contributed by atoms with Crippen LogP contribution in [0.1, 0.15) is 57.6 Å². The molecule has 1 aliphatic rings. The Balaban J connectivity index is 2.59. The monoisotopic (exact) mass is 312 g/mol. The van der Waals surface area contributed by atoms with Crippen LogP contribution in [0.3, 0.4) is 0 Å². The summed E-state index contributed by atoms with van der Waals surface area (Å²) in [5.41, 5.74) is 2.04. The van der Waals surface area contributed by atoms with Gasteiger partial charge in [0.05, 0.1) is 25.4 Å². The topological polar surface area (TPSA) is 27.7 Å². The first-order valence-corrected chi connectivity index (χ1v) is 8.16. The van der Waals surface area contributed by atoms with Crippen molar-refractivity contribution in [3.8, 4) is 5.75 Å². The second kappa shape index (κ2) is 6.99. The SMILES string of the molecule is CCCC1(c2cc(Cl)cc(C(C)C)c2OCC)OCCO1. The van der Waals surface area contributed by atoms with Crippen molar-refractivity contribution in [3.05, 3.63) is 28.3 Å². The van der Waals surface area contributed by atoms with Crippen molar-refractivity contribution in [2.45, 2.75) is 52.2 Å². The summed E-state index contributed by atoms with van der Waals surface area (Å²) >= 11 is 6.34. The Morgan fingerprint density at radius 1 is 1.24 bits per heavy atom. The van der Waals surface area contributed by atoms with Crippen LogP contribution in [0.4, 0.5) is 0 Å². The molecule has 0 unspecified atom stereocenters. The molecule has 1 heterocycles. The summed E-state index contributed by atoms with van der Waals surface area (Å²) in [4.78, 5) is 0. The molecule has 1 saturated heterocycles. The highest BCUT2D eigenvalue weighted by molar-refractivity contribution is 6.30. The van der Waals surface area contributed by atoms with Gasteiger partial charge in [-0.25, -0.2) is 0 Å². The maximum atomic E-state index is 6.34. The van der Waals surface area contributed by atoms with E-state index < -0.39 is 5.79 Å². The standard InChI is InChI=1S/C17H25ClO3/c1-5-7-17(20-8-9-21-17)15-11-13(18)10-14(12(3)4)16(15)19-6-2/h10-12H,5-9H2,1-4H3. The summed E-state index contributed by atoms with van der Waals surface area (Å²) in [7, 11) is 0. The van der Waals surface area contributed by atoms with E-state index in [0.29, 0.717) is 30.8 Å². The molecule has 1 aromatic carbocycles. The minimum absolute atomic E-state index is 0.323. The summed E-state index contributed by atoms with van der Waals surface area (Å²) in [6, 6.07) is 3.91. The molecule has 2 rings (SSSR count). The van der Waals surface area contributed by atoms with Gasteiger partial charge in [0.25, 0.3) is 0 Å². The molecule has 118 valence electrons. The van der Waals surface area contributed by atoms with Gasteiger partial charge >= 0.3 is 0 Å². The molecule has 1 fully saturated rings. The lowest BCUT2D eigenvalue weighted by Gasteiger charge is -2.31. The van der Waals surface area contributed by atoms with Gasteiger partial charge in [0, 0.05) is 11.4 Å². The van der Waals surface area contributed by atoms with Crippen molar-refractivity contribution in [2.24, 2.45) is 0 Å². The summed E-state index contributed by atoms with van der Waals surface area (Å²) in [6.07, 6.45) is 1.76. The molecule has 0 aromatic heterocycles. The predicted molar refractivity (Wildman–Crippen MR) is 85.2 cm³/mol. The summed E-state index contributed by atoms with van der Waals surface area (Å²) in [5.74, 6) is 0.477. The van der Waals surface area contributed by atoms with Gasteiger partial charge < -0.3 is 14.2 Å². The fourth-order valence-corrected chi connectivity index (χ4v) is 3.08. The van der Waals surface area contributed by atoms with Gasteiger partial charge in [-0.3, -0.25) is 0 Å². The fourth-order valence-electron chi connectivity index (χ4n) is 2.85. The Morgan fingerprint density at radius 3 is 2.43 bits per heavy atom. The largest absolute Gasteiger partial charge is 0.493 e. The first-order chi connectivity index (χ1) is 10.0. The summed E-state index contributed by atoms with van der Waals surface area (Å²) < 4.78 is 17.9. The number of benzene rings is 1. The third kappa shape index (κ3) is 3.36. The Bertz CT molecular complexity index is 479. The smallest absolute Gasteiger partial charge is 0.198 e. The highest BCUT2D eigenvalue weighted by Crippen LogP contribution is 2.45. The zero-order valence-corrected chi connectivity index (χ0v) is 14.1. The molecule has 0 N–H and O–H groups in total. The van der Waals surface area contributed by atoms with Crippen LogP contribution in [-0.4, -0.2) is 19.8 Å². The molecule has 0 aliphatic carbocycles. The molecule has 21 heavy (non-hydrogen) atoms. The third-order valence-corrected chi connectivity index (χ3v) is 3.95. The number of hydrogen-bond donors (Lipinski definition) is 0. The molecule has 0 bridgehead atoms. The molecule has 1 aromatic rings. The summed E-state index contributed by atoms with van der Waals surface area (Å²) in [5, 5.41) is 0.701. The minimum Gasteiger partial charge on any atom is -0.493 e. The van der Waals surface area contributed by atoms with Crippen LogP contribution in [0.5, 0.6) is 5.75 Å². The molecule has 0 saturated carbocycles. The van der Waals surface area contributed by atoms with E-state index in [1.807, 2.05) is 19.1 Å². The van der Waals surface area contributed by atoms with E-state index in [2.05, 4.69) is 20.8 Å². The van der Waals surface area contributed by atoms with Crippen molar-refractivity contribution in [1.82, 2.24) is 0 Å². The van der Waals surface area contributed by atoms with Crippen molar-refractivity contribution < 1.29 is 14.2 Å². The van der Waals surface area contributed by atoms with Crippen molar-refractivity contribution in [1.29, 1.82) is 0 Å². The maximum absolute atomic E-state index is 6.34. The Morgan fingerprint density at radius 2 is 1.90 bits per heavy atom. The molecular formula is C17H25ClO3. The average Bonchev–Trinajstić information content (AvgIpc) is 2.90. The predicted octanol–water partition coefficient (Wildman–Crippen LogP) is 4.86. The van der Waals surface area contributed by atoms with Crippen LogP contribution in [0.25, 0.3) is 0 Å². The lowest BCUT2D eigenvalue weighted by molar-refractivity contribution is -0.172. The van der Waals surface area contributed by atoms with Crippen LogP contribution < -0.4 is 4.74 Å². The Kier molecular flexibility index (Phi) is 5.53.